The van der Waals surface area contributed by atoms with Gasteiger partial charge in [0.05, 0.1) is 5.03 Å². The van der Waals surface area contributed by atoms with E-state index in [2.05, 4.69) is 40.1 Å². The minimum atomic E-state index is 0.538. The molecule has 0 aliphatic rings. The second-order valence-corrected chi connectivity index (χ2v) is 5.51. The molecule has 2 heterocycles. The standard InChI is InChI=1S/C14H12ClN3S/c1-2-10-13(15)16-8-17-14(10)19-12-7-9-5-3-4-6-11(9)18-12/h3-8,18H,2H2,1H3. The van der Waals surface area contributed by atoms with E-state index in [1.54, 1.807) is 11.8 Å². The average molecular weight is 290 g/mol. The van der Waals surface area contributed by atoms with Crippen LogP contribution in [0.3, 0.4) is 0 Å². The summed E-state index contributed by atoms with van der Waals surface area (Å²) in [4.78, 5) is 11.7. The highest BCUT2D eigenvalue weighted by molar-refractivity contribution is 7.99. The monoisotopic (exact) mass is 289 g/mol. The third-order valence-corrected chi connectivity index (χ3v) is 4.23. The fraction of sp³-hybridized carbons (Fsp3) is 0.143. The summed E-state index contributed by atoms with van der Waals surface area (Å²) in [5, 5.41) is 3.71. The molecular weight excluding hydrogens is 278 g/mol. The number of hydrogen-bond acceptors (Lipinski definition) is 3. The fourth-order valence-corrected chi connectivity index (χ4v) is 3.31. The van der Waals surface area contributed by atoms with Crippen LogP contribution in [0.5, 0.6) is 0 Å². The molecule has 0 saturated carbocycles. The van der Waals surface area contributed by atoms with Gasteiger partial charge in [0.25, 0.3) is 0 Å². The van der Waals surface area contributed by atoms with E-state index in [1.165, 1.54) is 11.7 Å². The molecule has 1 aromatic carbocycles. The Hall–Kier alpha value is -1.52. The first-order valence-electron chi connectivity index (χ1n) is 6.03. The number of benzene rings is 1. The highest BCUT2D eigenvalue weighted by Crippen LogP contribution is 2.32. The van der Waals surface area contributed by atoms with Gasteiger partial charge in [-0.15, -0.1) is 0 Å². The van der Waals surface area contributed by atoms with E-state index in [9.17, 15) is 0 Å². The van der Waals surface area contributed by atoms with Crippen LogP contribution in [0, 0.1) is 0 Å². The molecule has 96 valence electrons. The lowest BCUT2D eigenvalue weighted by Crippen LogP contribution is -1.93. The summed E-state index contributed by atoms with van der Waals surface area (Å²) in [6.07, 6.45) is 2.33. The molecule has 0 spiro atoms. The molecule has 1 N–H and O–H groups in total. The lowest BCUT2D eigenvalue weighted by atomic mass is 10.3. The molecule has 0 atom stereocenters. The number of aromatic amines is 1. The number of rotatable bonds is 3. The fourth-order valence-electron chi connectivity index (χ4n) is 1.97. The molecule has 19 heavy (non-hydrogen) atoms. The normalized spacial score (nSPS) is 11.1. The third kappa shape index (κ3) is 2.46. The molecule has 3 rings (SSSR count). The largest absolute Gasteiger partial charge is 0.349 e. The molecule has 0 radical (unpaired) electrons. The summed E-state index contributed by atoms with van der Waals surface area (Å²) in [6, 6.07) is 10.3. The first-order chi connectivity index (χ1) is 9.28. The van der Waals surface area contributed by atoms with Crippen LogP contribution in [0.2, 0.25) is 5.15 Å². The number of nitrogens with zero attached hydrogens (tertiary/aromatic N) is 2. The van der Waals surface area contributed by atoms with E-state index in [0.717, 1.165) is 27.6 Å². The van der Waals surface area contributed by atoms with Gasteiger partial charge in [0.2, 0.25) is 0 Å². The number of fused-ring (bicyclic) bond motifs is 1. The van der Waals surface area contributed by atoms with Crippen molar-refractivity contribution >= 4 is 34.3 Å². The summed E-state index contributed by atoms with van der Waals surface area (Å²) in [5.41, 5.74) is 2.12. The van der Waals surface area contributed by atoms with Crippen molar-refractivity contribution in [2.75, 3.05) is 0 Å². The molecular formula is C14H12ClN3S. The smallest absolute Gasteiger partial charge is 0.136 e. The van der Waals surface area contributed by atoms with E-state index in [-0.39, 0.29) is 0 Å². The van der Waals surface area contributed by atoms with E-state index in [4.69, 9.17) is 11.6 Å². The number of aromatic nitrogens is 3. The first-order valence-corrected chi connectivity index (χ1v) is 7.22. The zero-order chi connectivity index (χ0) is 13.2. The third-order valence-electron chi connectivity index (χ3n) is 2.92. The van der Waals surface area contributed by atoms with Crippen LogP contribution in [0.4, 0.5) is 0 Å². The summed E-state index contributed by atoms with van der Waals surface area (Å²) < 4.78 is 0. The van der Waals surface area contributed by atoms with Gasteiger partial charge in [0, 0.05) is 16.5 Å². The van der Waals surface area contributed by atoms with Crippen LogP contribution < -0.4 is 0 Å². The van der Waals surface area contributed by atoms with Gasteiger partial charge in [0.15, 0.2) is 0 Å². The van der Waals surface area contributed by atoms with E-state index in [0.29, 0.717) is 5.15 Å². The highest BCUT2D eigenvalue weighted by Gasteiger charge is 2.10. The number of H-pyrrole nitrogens is 1. The van der Waals surface area contributed by atoms with Crippen molar-refractivity contribution in [3.05, 3.63) is 47.4 Å². The zero-order valence-corrected chi connectivity index (χ0v) is 11.9. The van der Waals surface area contributed by atoms with Gasteiger partial charge in [0.1, 0.15) is 16.5 Å². The van der Waals surface area contributed by atoms with Crippen LogP contribution >= 0.6 is 23.4 Å². The lowest BCUT2D eigenvalue weighted by molar-refractivity contribution is 0.942. The average Bonchev–Trinajstić information content (AvgIpc) is 2.81. The lowest BCUT2D eigenvalue weighted by Gasteiger charge is -2.05. The van der Waals surface area contributed by atoms with Crippen molar-refractivity contribution in [3.63, 3.8) is 0 Å². The van der Waals surface area contributed by atoms with Crippen LogP contribution in [0.15, 0.2) is 46.7 Å². The summed E-state index contributed by atoms with van der Waals surface area (Å²) in [7, 11) is 0. The number of halogens is 1. The Balaban J connectivity index is 1.99. The van der Waals surface area contributed by atoms with Gasteiger partial charge in [-0.25, -0.2) is 9.97 Å². The Bertz CT molecular complexity index is 691. The van der Waals surface area contributed by atoms with Gasteiger partial charge in [-0.2, -0.15) is 0 Å². The molecule has 5 heteroatoms. The van der Waals surface area contributed by atoms with Crippen molar-refractivity contribution in [2.24, 2.45) is 0 Å². The molecule has 0 bridgehead atoms. The molecule has 0 saturated heterocycles. The summed E-state index contributed by atoms with van der Waals surface area (Å²) in [5.74, 6) is 0. The SMILES string of the molecule is CCc1c(Cl)ncnc1Sc1cc2ccccc2[nH]1. The summed E-state index contributed by atoms with van der Waals surface area (Å²) >= 11 is 7.69. The van der Waals surface area contributed by atoms with E-state index >= 15 is 0 Å². The van der Waals surface area contributed by atoms with Gasteiger partial charge in [-0.3, -0.25) is 0 Å². The van der Waals surface area contributed by atoms with Gasteiger partial charge in [-0.1, -0.05) is 48.5 Å². The minimum Gasteiger partial charge on any atom is -0.349 e. The molecule has 0 amide bonds. The van der Waals surface area contributed by atoms with Crippen molar-refractivity contribution in [1.82, 2.24) is 15.0 Å². The molecule has 3 aromatic rings. The minimum absolute atomic E-state index is 0.538. The first kappa shape index (κ1) is 12.5. The molecule has 2 aromatic heterocycles. The maximum atomic E-state index is 6.10. The number of para-hydroxylation sites is 1. The van der Waals surface area contributed by atoms with Crippen LogP contribution in [0.25, 0.3) is 10.9 Å². The zero-order valence-electron chi connectivity index (χ0n) is 10.4. The topological polar surface area (TPSA) is 41.6 Å². The molecule has 3 nitrogen and oxygen atoms in total. The van der Waals surface area contributed by atoms with E-state index in [1.807, 2.05) is 12.1 Å². The quantitative estimate of drug-likeness (QED) is 0.730. The Morgan fingerprint density at radius 3 is 2.89 bits per heavy atom. The van der Waals surface area contributed by atoms with Crippen LogP contribution in [0.1, 0.15) is 12.5 Å². The maximum Gasteiger partial charge on any atom is 0.136 e. The second kappa shape index (κ2) is 5.23. The Labute approximate surface area is 120 Å². The van der Waals surface area contributed by atoms with Crippen molar-refractivity contribution in [3.8, 4) is 0 Å². The molecule has 0 unspecified atom stereocenters. The summed E-state index contributed by atoms with van der Waals surface area (Å²) in [6.45, 7) is 2.06. The van der Waals surface area contributed by atoms with Gasteiger partial charge in [-0.05, 0) is 18.6 Å². The van der Waals surface area contributed by atoms with Gasteiger partial charge < -0.3 is 4.98 Å². The van der Waals surface area contributed by atoms with Crippen molar-refractivity contribution in [2.45, 2.75) is 23.4 Å². The van der Waals surface area contributed by atoms with Crippen molar-refractivity contribution in [1.29, 1.82) is 0 Å². The van der Waals surface area contributed by atoms with Crippen LogP contribution in [-0.4, -0.2) is 15.0 Å². The maximum absolute atomic E-state index is 6.10. The van der Waals surface area contributed by atoms with Gasteiger partial charge >= 0.3 is 0 Å². The van der Waals surface area contributed by atoms with Crippen LogP contribution in [-0.2, 0) is 6.42 Å². The van der Waals surface area contributed by atoms with E-state index < -0.39 is 0 Å². The second-order valence-electron chi connectivity index (χ2n) is 4.12. The Morgan fingerprint density at radius 1 is 1.26 bits per heavy atom. The van der Waals surface area contributed by atoms with Crippen molar-refractivity contribution < 1.29 is 0 Å². The Morgan fingerprint density at radius 2 is 2.11 bits per heavy atom. The molecule has 0 fully saturated rings. The molecule has 0 aliphatic heterocycles. The molecule has 0 aliphatic carbocycles. The predicted octanol–water partition coefficient (Wildman–Crippen LogP) is 4.32. The highest BCUT2D eigenvalue weighted by atomic mass is 35.5. The number of hydrogen-bond donors (Lipinski definition) is 1. The predicted molar refractivity (Wildman–Crippen MR) is 78.8 cm³/mol. The number of nitrogens with one attached hydrogen (secondary N) is 1. The Kier molecular flexibility index (Phi) is 3.44.